The zero-order chi connectivity index (χ0) is 21.5. The Morgan fingerprint density at radius 3 is 2.60 bits per heavy atom. The van der Waals surface area contributed by atoms with Gasteiger partial charge in [-0.3, -0.25) is 4.79 Å². The highest BCUT2D eigenvalue weighted by atomic mass is 32.2. The molecule has 1 amide bonds. The summed E-state index contributed by atoms with van der Waals surface area (Å²) in [7, 11) is 0. The third-order valence-corrected chi connectivity index (χ3v) is 5.62. The van der Waals surface area contributed by atoms with Gasteiger partial charge >= 0.3 is 0 Å². The van der Waals surface area contributed by atoms with E-state index in [4.69, 9.17) is 9.15 Å². The second-order valence-corrected chi connectivity index (χ2v) is 8.16. The molecular formula is C22H28N4O3S. The number of hydrogen-bond acceptors (Lipinski definition) is 6. The van der Waals surface area contributed by atoms with Crippen molar-refractivity contribution in [2.75, 3.05) is 5.75 Å². The van der Waals surface area contributed by atoms with Crippen molar-refractivity contribution in [1.82, 2.24) is 20.1 Å². The minimum Gasteiger partial charge on any atom is -0.483 e. The number of nitrogens with zero attached hydrogens (tertiary/aromatic N) is 3. The molecule has 2 aromatic heterocycles. The van der Waals surface area contributed by atoms with E-state index >= 15 is 0 Å². The highest BCUT2D eigenvalue weighted by molar-refractivity contribution is 7.99. The van der Waals surface area contributed by atoms with Crippen LogP contribution in [0.5, 0.6) is 5.75 Å². The fourth-order valence-electron chi connectivity index (χ4n) is 2.97. The van der Waals surface area contributed by atoms with Gasteiger partial charge in [-0.05, 0) is 49.6 Å². The zero-order valence-corrected chi connectivity index (χ0v) is 18.6. The van der Waals surface area contributed by atoms with Crippen LogP contribution in [-0.2, 0) is 17.9 Å². The lowest BCUT2D eigenvalue weighted by Crippen LogP contribution is -2.24. The number of furan rings is 1. The van der Waals surface area contributed by atoms with Gasteiger partial charge in [-0.2, -0.15) is 0 Å². The molecule has 1 atom stereocenters. The van der Waals surface area contributed by atoms with E-state index in [1.165, 1.54) is 17.3 Å². The number of ether oxygens (including phenoxy) is 1. The van der Waals surface area contributed by atoms with E-state index in [9.17, 15) is 4.79 Å². The van der Waals surface area contributed by atoms with Crippen molar-refractivity contribution in [3.05, 3.63) is 59.8 Å². The Balaban J connectivity index is 1.57. The van der Waals surface area contributed by atoms with Crippen LogP contribution in [0.2, 0.25) is 0 Å². The van der Waals surface area contributed by atoms with E-state index in [2.05, 4.69) is 41.5 Å². The monoisotopic (exact) mass is 428 g/mol. The van der Waals surface area contributed by atoms with Gasteiger partial charge in [-0.1, -0.05) is 37.7 Å². The lowest BCUT2D eigenvalue weighted by Gasteiger charge is -2.16. The fraction of sp³-hybridized carbons (Fsp3) is 0.409. The van der Waals surface area contributed by atoms with E-state index in [1.807, 2.05) is 36.6 Å². The molecule has 0 aliphatic rings. The van der Waals surface area contributed by atoms with Gasteiger partial charge in [0.2, 0.25) is 5.91 Å². The van der Waals surface area contributed by atoms with E-state index in [0.29, 0.717) is 24.2 Å². The summed E-state index contributed by atoms with van der Waals surface area (Å²) in [5, 5.41) is 12.1. The minimum absolute atomic E-state index is 0.0851. The molecule has 0 saturated carbocycles. The van der Waals surface area contributed by atoms with Crippen molar-refractivity contribution in [2.45, 2.75) is 58.0 Å². The largest absolute Gasteiger partial charge is 0.483 e. The zero-order valence-electron chi connectivity index (χ0n) is 17.8. The van der Waals surface area contributed by atoms with E-state index in [0.717, 1.165) is 17.3 Å². The summed E-state index contributed by atoms with van der Waals surface area (Å²) in [6, 6.07) is 11.8. The first-order valence-corrected chi connectivity index (χ1v) is 11.1. The molecule has 1 aromatic carbocycles. The van der Waals surface area contributed by atoms with Crippen LogP contribution in [0.15, 0.2) is 52.2 Å². The summed E-state index contributed by atoms with van der Waals surface area (Å²) in [5.41, 5.74) is 1.27. The van der Waals surface area contributed by atoms with Crippen molar-refractivity contribution in [2.24, 2.45) is 0 Å². The first-order valence-electron chi connectivity index (χ1n) is 10.1. The van der Waals surface area contributed by atoms with Gasteiger partial charge in [-0.15, -0.1) is 10.2 Å². The lowest BCUT2D eigenvalue weighted by atomic mass is 10.0. The quantitative estimate of drug-likeness (QED) is 0.477. The molecule has 160 valence electrons. The number of aromatic nitrogens is 3. The van der Waals surface area contributed by atoms with Crippen molar-refractivity contribution >= 4 is 17.7 Å². The number of carbonyl (C=O) groups is 1. The van der Waals surface area contributed by atoms with Crippen LogP contribution in [0.1, 0.15) is 56.9 Å². The van der Waals surface area contributed by atoms with Crippen LogP contribution < -0.4 is 10.1 Å². The molecule has 3 aromatic rings. The number of benzene rings is 1. The Morgan fingerprint density at radius 1 is 1.20 bits per heavy atom. The SMILES string of the molecule is CCn1c(SCC(=O)NCc2ccco2)nnc1C(C)Oc1ccc(C(C)C)cc1. The molecule has 2 heterocycles. The first-order chi connectivity index (χ1) is 14.5. The maximum Gasteiger partial charge on any atom is 0.230 e. The van der Waals surface area contributed by atoms with Crippen LogP contribution in [0.4, 0.5) is 0 Å². The normalized spacial score (nSPS) is 12.2. The molecule has 0 spiro atoms. The molecule has 0 aliphatic heterocycles. The molecule has 0 aliphatic carbocycles. The van der Waals surface area contributed by atoms with Crippen molar-refractivity contribution < 1.29 is 13.9 Å². The number of amides is 1. The Labute approximate surface area is 181 Å². The third kappa shape index (κ3) is 5.66. The van der Waals surface area contributed by atoms with Crippen molar-refractivity contribution in [3.63, 3.8) is 0 Å². The summed E-state index contributed by atoms with van der Waals surface area (Å²) in [6.07, 6.45) is 1.33. The first kappa shape index (κ1) is 22.0. The van der Waals surface area contributed by atoms with Crippen LogP contribution in [0.25, 0.3) is 0 Å². The number of thioether (sulfide) groups is 1. The Kier molecular flexibility index (Phi) is 7.57. The summed E-state index contributed by atoms with van der Waals surface area (Å²) >= 11 is 1.36. The van der Waals surface area contributed by atoms with Gasteiger partial charge in [0.05, 0.1) is 18.6 Å². The molecule has 1 unspecified atom stereocenters. The van der Waals surface area contributed by atoms with Crippen LogP contribution in [0, 0.1) is 0 Å². The number of carbonyl (C=O) groups excluding carboxylic acids is 1. The smallest absolute Gasteiger partial charge is 0.230 e. The minimum atomic E-state index is -0.260. The molecule has 3 rings (SSSR count). The van der Waals surface area contributed by atoms with Gasteiger partial charge in [0.25, 0.3) is 0 Å². The molecular weight excluding hydrogens is 400 g/mol. The van der Waals surface area contributed by atoms with E-state index in [-0.39, 0.29) is 17.8 Å². The predicted molar refractivity (Wildman–Crippen MR) is 117 cm³/mol. The average Bonchev–Trinajstić information content (AvgIpc) is 3.40. The highest BCUT2D eigenvalue weighted by Gasteiger charge is 2.19. The maximum atomic E-state index is 12.1. The number of hydrogen-bond donors (Lipinski definition) is 1. The topological polar surface area (TPSA) is 82.2 Å². The van der Waals surface area contributed by atoms with Crippen molar-refractivity contribution in [1.29, 1.82) is 0 Å². The maximum absolute atomic E-state index is 12.1. The second-order valence-electron chi connectivity index (χ2n) is 7.21. The summed E-state index contributed by atoms with van der Waals surface area (Å²) in [5.74, 6) is 2.91. The van der Waals surface area contributed by atoms with Gasteiger partial charge in [0, 0.05) is 6.54 Å². The Bertz CT molecular complexity index is 936. The number of rotatable bonds is 10. The molecule has 7 nitrogen and oxygen atoms in total. The Morgan fingerprint density at radius 2 is 1.97 bits per heavy atom. The van der Waals surface area contributed by atoms with E-state index in [1.54, 1.807) is 12.3 Å². The standard InChI is InChI=1S/C22H28N4O3S/c1-5-26-21(16(4)29-18-10-8-17(9-11-18)15(2)3)24-25-22(26)30-14-20(27)23-13-19-7-6-12-28-19/h6-12,15-16H,5,13-14H2,1-4H3,(H,23,27). The summed E-state index contributed by atoms with van der Waals surface area (Å²) < 4.78 is 13.3. The number of nitrogens with one attached hydrogen (secondary N) is 1. The molecule has 30 heavy (non-hydrogen) atoms. The van der Waals surface area contributed by atoms with Crippen molar-refractivity contribution in [3.8, 4) is 5.75 Å². The highest BCUT2D eigenvalue weighted by Crippen LogP contribution is 2.26. The lowest BCUT2D eigenvalue weighted by molar-refractivity contribution is -0.118. The molecule has 0 bridgehead atoms. The van der Waals surface area contributed by atoms with Crippen LogP contribution in [0.3, 0.4) is 0 Å². The molecule has 8 heteroatoms. The van der Waals surface area contributed by atoms with Gasteiger partial charge in [-0.25, -0.2) is 0 Å². The Hall–Kier alpha value is -2.74. The summed E-state index contributed by atoms with van der Waals surface area (Å²) in [4.78, 5) is 12.1. The average molecular weight is 429 g/mol. The van der Waals surface area contributed by atoms with Crippen LogP contribution in [-0.4, -0.2) is 26.4 Å². The van der Waals surface area contributed by atoms with E-state index < -0.39 is 0 Å². The molecule has 0 fully saturated rings. The fourth-order valence-corrected chi connectivity index (χ4v) is 3.81. The molecule has 0 saturated heterocycles. The molecule has 0 radical (unpaired) electrons. The van der Waals surface area contributed by atoms with Gasteiger partial charge < -0.3 is 19.0 Å². The van der Waals surface area contributed by atoms with Gasteiger partial charge in [0.1, 0.15) is 11.5 Å². The van der Waals surface area contributed by atoms with Gasteiger partial charge in [0.15, 0.2) is 17.1 Å². The summed E-state index contributed by atoms with van der Waals surface area (Å²) in [6.45, 7) is 9.38. The third-order valence-electron chi connectivity index (χ3n) is 4.66. The second kappa shape index (κ2) is 10.3. The predicted octanol–water partition coefficient (Wildman–Crippen LogP) is 4.56. The molecule has 1 N–H and O–H groups in total. The van der Waals surface area contributed by atoms with Crippen LogP contribution >= 0.6 is 11.8 Å².